The molecular formula is C44H80N10O11. The molecule has 7 amide bonds. The summed E-state index contributed by atoms with van der Waals surface area (Å²) in [5.41, 5.74) is 16.0. The Balaban J connectivity index is 3.30. The average molecular weight is 925 g/mol. The smallest absolute Gasteiger partial charge is 0.328 e. The highest BCUT2D eigenvalue weighted by Gasteiger charge is 2.39. The first-order valence-electron chi connectivity index (χ1n) is 23.3. The van der Waals surface area contributed by atoms with Crippen LogP contribution < -0.4 is 49.1 Å². The molecule has 1 heterocycles. The fraction of sp³-hybridized carbons (Fsp3) is 0.795. The lowest BCUT2D eigenvalue weighted by atomic mass is 9.94. The number of nitrogens with two attached hydrogens (primary N) is 3. The van der Waals surface area contributed by atoms with Crippen molar-refractivity contribution in [3.8, 4) is 0 Å². The maximum atomic E-state index is 14.1. The monoisotopic (exact) mass is 925 g/mol. The Kier molecular flexibility index (Phi) is 27.6. The van der Waals surface area contributed by atoms with Gasteiger partial charge in [0.15, 0.2) is 5.96 Å². The second-order valence-electron chi connectivity index (χ2n) is 17.4. The van der Waals surface area contributed by atoms with Crippen molar-refractivity contribution in [2.24, 2.45) is 34.0 Å². The highest BCUT2D eigenvalue weighted by molar-refractivity contribution is 5.97. The Bertz CT molecular complexity index is 1580. The molecule has 1 aliphatic heterocycles. The van der Waals surface area contributed by atoms with Crippen molar-refractivity contribution in [2.75, 3.05) is 6.54 Å². The number of amides is 7. The van der Waals surface area contributed by atoms with Crippen LogP contribution in [0.15, 0.2) is 4.99 Å². The standard InChI is InChI=1S/C44H80N10O11/c1-8-25(3)34-39(60)52-35(26(4)9-2)40(61)54-36(28(6)55)41(62)50-31(21-22-32(45)57)38(59)49-27(5)43(64)65-29(7)37(42(63)53-34)51-33(58)24-30(56)20-18-16-14-12-10-11-13-15-17-19-23-48-44(46)47/h25-31,34-37,55-56H,8-24H2,1-7H3,(H2,45,57)(H,49,59)(H,50,62)(H,51,58)(H,52,60)(H,53,63)(H,54,61)(H4,46,47,48)/t25-,26+,27+,28+,29+,30+,31+,34+,35-,36+,37-/m0/s1. The molecule has 0 saturated carbocycles. The number of guanidine groups is 1. The van der Waals surface area contributed by atoms with Crippen molar-refractivity contribution in [1.82, 2.24) is 31.9 Å². The van der Waals surface area contributed by atoms with E-state index in [1.807, 2.05) is 0 Å². The van der Waals surface area contributed by atoms with Gasteiger partial charge in [-0.25, -0.2) is 4.79 Å². The number of nitrogens with one attached hydrogen (secondary N) is 6. The van der Waals surface area contributed by atoms with Crippen LogP contribution in [0, 0.1) is 11.8 Å². The van der Waals surface area contributed by atoms with Gasteiger partial charge in [-0.05, 0) is 51.9 Å². The maximum absolute atomic E-state index is 14.1. The minimum atomic E-state index is -1.64. The normalized spacial score (nSPS) is 24.7. The summed E-state index contributed by atoms with van der Waals surface area (Å²) in [6.45, 7) is 11.4. The lowest BCUT2D eigenvalue weighted by Crippen LogP contribution is -2.63. The molecule has 21 heteroatoms. The van der Waals surface area contributed by atoms with Crippen LogP contribution in [0.2, 0.25) is 0 Å². The number of nitrogens with zero attached hydrogens (tertiary/aromatic N) is 1. The van der Waals surface area contributed by atoms with E-state index in [-0.39, 0.29) is 25.2 Å². The van der Waals surface area contributed by atoms with Crippen molar-refractivity contribution < 1.29 is 53.3 Å². The Labute approximate surface area is 384 Å². The maximum Gasteiger partial charge on any atom is 0.328 e. The molecule has 21 nitrogen and oxygen atoms in total. The summed E-state index contributed by atoms with van der Waals surface area (Å²) in [5, 5.41) is 36.6. The first-order valence-corrected chi connectivity index (χ1v) is 23.3. The lowest BCUT2D eigenvalue weighted by Gasteiger charge is -2.32. The summed E-state index contributed by atoms with van der Waals surface area (Å²) in [7, 11) is 0. The van der Waals surface area contributed by atoms with E-state index in [9.17, 15) is 48.6 Å². The third-order valence-corrected chi connectivity index (χ3v) is 11.7. The molecule has 1 fully saturated rings. The van der Waals surface area contributed by atoms with Gasteiger partial charge in [0.05, 0.1) is 18.6 Å². The number of aliphatic hydroxyl groups excluding tert-OH is 2. The molecule has 0 spiro atoms. The molecule has 0 aromatic carbocycles. The number of aliphatic imine (C=N–C) groups is 1. The number of esters is 1. The van der Waals surface area contributed by atoms with Crippen molar-refractivity contribution in [3.63, 3.8) is 0 Å². The predicted molar refractivity (Wildman–Crippen MR) is 244 cm³/mol. The summed E-state index contributed by atoms with van der Waals surface area (Å²) in [4.78, 5) is 112. The Morgan fingerprint density at radius 1 is 0.677 bits per heavy atom. The van der Waals surface area contributed by atoms with Crippen LogP contribution in [-0.4, -0.2) is 125 Å². The molecule has 14 N–H and O–H groups in total. The molecular weight excluding hydrogens is 845 g/mol. The SMILES string of the molecule is CC[C@@H](C)[C@@H]1NC(=O)[C@@H]([C@@H](C)CC)NC(=O)[C@@H](NC(=O)C[C@H](O)CCCCCCCCCCCCN=C(N)N)[C@@H](C)OC(=O)[C@@H](C)NC(=O)[C@@H](CCC(N)=O)NC(=O)[C@@H]([C@@H](C)O)NC1=O. The fourth-order valence-corrected chi connectivity index (χ4v) is 7.14. The van der Waals surface area contributed by atoms with Crippen LogP contribution in [0.25, 0.3) is 0 Å². The molecule has 11 atom stereocenters. The van der Waals surface area contributed by atoms with Crippen molar-refractivity contribution in [1.29, 1.82) is 0 Å². The molecule has 0 bridgehead atoms. The molecule has 372 valence electrons. The van der Waals surface area contributed by atoms with E-state index in [2.05, 4.69) is 36.9 Å². The summed E-state index contributed by atoms with van der Waals surface area (Å²) < 4.78 is 5.60. The van der Waals surface area contributed by atoms with Gasteiger partial charge in [0.25, 0.3) is 0 Å². The molecule has 0 aromatic rings. The molecule has 0 aromatic heterocycles. The van der Waals surface area contributed by atoms with Gasteiger partial charge in [-0.1, -0.05) is 98.3 Å². The number of hydrogen-bond donors (Lipinski definition) is 11. The Morgan fingerprint density at radius 3 is 1.65 bits per heavy atom. The zero-order valence-corrected chi connectivity index (χ0v) is 39.6. The third kappa shape index (κ3) is 22.6. The first-order chi connectivity index (χ1) is 30.6. The molecule has 1 aliphatic rings. The van der Waals surface area contributed by atoms with E-state index < -0.39 is 114 Å². The summed E-state index contributed by atoms with van der Waals surface area (Å²) in [6.07, 6.45) is 6.20. The number of rotatable bonds is 24. The van der Waals surface area contributed by atoms with E-state index in [4.69, 9.17) is 21.9 Å². The third-order valence-electron chi connectivity index (χ3n) is 11.7. The Morgan fingerprint density at radius 2 is 1.15 bits per heavy atom. The number of hydrogen-bond acceptors (Lipinski definition) is 12. The minimum Gasteiger partial charge on any atom is -0.458 e. The highest BCUT2D eigenvalue weighted by Crippen LogP contribution is 2.16. The van der Waals surface area contributed by atoms with Crippen LogP contribution in [0.1, 0.15) is 151 Å². The van der Waals surface area contributed by atoms with Crippen molar-refractivity contribution >= 4 is 53.3 Å². The van der Waals surface area contributed by atoms with Gasteiger partial charge in [0.2, 0.25) is 41.4 Å². The fourth-order valence-electron chi connectivity index (χ4n) is 7.14. The number of unbranched alkanes of at least 4 members (excludes halogenated alkanes) is 9. The summed E-state index contributed by atoms with van der Waals surface area (Å²) >= 11 is 0. The van der Waals surface area contributed by atoms with Gasteiger partial charge in [0.1, 0.15) is 42.4 Å². The number of cyclic esters (lactones) is 1. The largest absolute Gasteiger partial charge is 0.458 e. The number of aliphatic hydroxyl groups is 2. The van der Waals surface area contributed by atoms with Crippen LogP contribution in [0.3, 0.4) is 0 Å². The van der Waals surface area contributed by atoms with Gasteiger partial charge in [0, 0.05) is 13.0 Å². The molecule has 0 radical (unpaired) electrons. The van der Waals surface area contributed by atoms with E-state index >= 15 is 0 Å². The van der Waals surface area contributed by atoms with Crippen molar-refractivity contribution in [2.45, 2.75) is 206 Å². The predicted octanol–water partition coefficient (Wildman–Crippen LogP) is -0.0856. The van der Waals surface area contributed by atoms with Crippen LogP contribution in [-0.2, 0) is 43.1 Å². The van der Waals surface area contributed by atoms with E-state index in [0.717, 1.165) is 57.8 Å². The van der Waals surface area contributed by atoms with Gasteiger partial charge in [-0.2, -0.15) is 0 Å². The van der Waals surface area contributed by atoms with Gasteiger partial charge >= 0.3 is 5.97 Å². The van der Waals surface area contributed by atoms with Gasteiger partial charge in [-0.15, -0.1) is 0 Å². The molecule has 0 aliphatic carbocycles. The van der Waals surface area contributed by atoms with Crippen molar-refractivity contribution in [3.05, 3.63) is 0 Å². The molecule has 1 saturated heterocycles. The van der Waals surface area contributed by atoms with E-state index in [1.54, 1.807) is 27.7 Å². The number of carbonyl (C=O) groups is 8. The quantitative estimate of drug-likeness (QED) is 0.0261. The van der Waals surface area contributed by atoms with Crippen LogP contribution >= 0.6 is 0 Å². The zero-order valence-electron chi connectivity index (χ0n) is 39.6. The molecule has 1 rings (SSSR count). The summed E-state index contributed by atoms with van der Waals surface area (Å²) in [5.74, 6) is -7.97. The van der Waals surface area contributed by atoms with E-state index in [0.29, 0.717) is 32.2 Å². The molecule has 65 heavy (non-hydrogen) atoms. The highest BCUT2D eigenvalue weighted by atomic mass is 16.5. The van der Waals surface area contributed by atoms with Crippen LogP contribution in [0.4, 0.5) is 0 Å². The Hall–Kier alpha value is -5.05. The second-order valence-corrected chi connectivity index (χ2v) is 17.4. The van der Waals surface area contributed by atoms with Gasteiger partial charge < -0.3 is 64.1 Å². The summed E-state index contributed by atoms with van der Waals surface area (Å²) in [6, 6.07) is -8.67. The number of ether oxygens (including phenoxy) is 1. The molecule has 0 unspecified atom stereocenters. The first kappa shape index (κ1) is 58.0. The average Bonchev–Trinajstić information content (AvgIpc) is 3.24. The number of carbonyl (C=O) groups excluding carboxylic acids is 8. The van der Waals surface area contributed by atoms with Gasteiger partial charge in [-0.3, -0.25) is 38.6 Å². The van der Waals surface area contributed by atoms with E-state index in [1.165, 1.54) is 20.8 Å². The lowest BCUT2D eigenvalue weighted by molar-refractivity contribution is -0.155. The second kappa shape index (κ2) is 31.0. The van der Waals surface area contributed by atoms with Crippen LogP contribution in [0.5, 0.6) is 0 Å². The minimum absolute atomic E-state index is 0.113. The zero-order chi connectivity index (χ0) is 49.2. The number of primary amides is 1. The topological polar surface area (TPSA) is 349 Å².